The third-order valence-corrected chi connectivity index (χ3v) is 5.43. The van der Waals surface area contributed by atoms with Crippen LogP contribution in [-0.4, -0.2) is 20.0 Å². The van der Waals surface area contributed by atoms with Gasteiger partial charge >= 0.3 is 0 Å². The minimum atomic E-state index is -0.198. The maximum atomic E-state index is 9.58. The van der Waals surface area contributed by atoms with Crippen LogP contribution in [0.1, 0.15) is 35.7 Å². The SMILES string of the molecule is Cc1ccc(CC(C#N)Sc2nc(C3CC3)n(-c3ccccc3)n2)cc1. The van der Waals surface area contributed by atoms with Crippen molar-refractivity contribution >= 4 is 11.8 Å². The number of nitriles is 1. The summed E-state index contributed by atoms with van der Waals surface area (Å²) in [7, 11) is 0. The summed E-state index contributed by atoms with van der Waals surface area (Å²) in [6, 6.07) is 20.9. The molecule has 1 fully saturated rings. The van der Waals surface area contributed by atoms with Gasteiger partial charge in [0, 0.05) is 5.92 Å². The molecular formula is C21H20N4S. The summed E-state index contributed by atoms with van der Waals surface area (Å²) in [4.78, 5) is 4.76. The molecule has 1 unspecified atom stereocenters. The molecule has 1 saturated carbocycles. The molecule has 1 atom stereocenters. The number of thioether (sulfide) groups is 1. The van der Waals surface area contributed by atoms with Crippen molar-refractivity contribution in [2.24, 2.45) is 0 Å². The molecule has 0 aliphatic heterocycles. The molecule has 130 valence electrons. The summed E-state index contributed by atoms with van der Waals surface area (Å²) in [6.07, 6.45) is 3.03. The van der Waals surface area contributed by atoms with Gasteiger partial charge in [-0.1, -0.05) is 59.8 Å². The van der Waals surface area contributed by atoms with Gasteiger partial charge in [0.25, 0.3) is 0 Å². The number of para-hydroxylation sites is 1. The van der Waals surface area contributed by atoms with E-state index in [1.165, 1.54) is 35.7 Å². The Kier molecular flexibility index (Phi) is 4.77. The Morgan fingerprint density at radius 3 is 2.54 bits per heavy atom. The highest BCUT2D eigenvalue weighted by molar-refractivity contribution is 8.00. The van der Waals surface area contributed by atoms with Crippen molar-refractivity contribution in [3.63, 3.8) is 0 Å². The lowest BCUT2D eigenvalue weighted by Gasteiger charge is -2.06. The number of aryl methyl sites for hydroxylation is 1. The lowest BCUT2D eigenvalue weighted by Crippen LogP contribution is -2.04. The average Bonchev–Trinajstić information content (AvgIpc) is 3.44. The van der Waals surface area contributed by atoms with Gasteiger partial charge in [0.05, 0.1) is 11.8 Å². The lowest BCUT2D eigenvalue weighted by atomic mass is 10.1. The first-order valence-electron chi connectivity index (χ1n) is 8.87. The van der Waals surface area contributed by atoms with E-state index < -0.39 is 0 Å². The van der Waals surface area contributed by atoms with Crippen LogP contribution in [0.15, 0.2) is 59.8 Å². The van der Waals surface area contributed by atoms with E-state index in [-0.39, 0.29) is 5.25 Å². The molecule has 0 radical (unpaired) electrons. The second-order valence-corrected chi connectivity index (χ2v) is 7.87. The van der Waals surface area contributed by atoms with Crippen molar-refractivity contribution in [2.45, 2.75) is 42.5 Å². The highest BCUT2D eigenvalue weighted by Gasteiger charge is 2.31. The van der Waals surface area contributed by atoms with Crippen molar-refractivity contribution in [1.29, 1.82) is 5.26 Å². The Balaban J connectivity index is 1.55. The number of hydrogen-bond acceptors (Lipinski definition) is 4. The molecular weight excluding hydrogens is 340 g/mol. The fraction of sp³-hybridized carbons (Fsp3) is 0.286. The highest BCUT2D eigenvalue weighted by Crippen LogP contribution is 2.40. The molecule has 0 bridgehead atoms. The van der Waals surface area contributed by atoms with Crippen molar-refractivity contribution in [3.05, 3.63) is 71.5 Å². The zero-order chi connectivity index (χ0) is 17.9. The summed E-state index contributed by atoms with van der Waals surface area (Å²) in [5.74, 6) is 1.51. The summed E-state index contributed by atoms with van der Waals surface area (Å²) >= 11 is 1.46. The quantitative estimate of drug-likeness (QED) is 0.599. The van der Waals surface area contributed by atoms with Gasteiger partial charge in [-0.2, -0.15) is 5.26 Å². The first kappa shape index (κ1) is 16.9. The predicted molar refractivity (Wildman–Crippen MR) is 103 cm³/mol. The molecule has 1 aliphatic rings. The van der Waals surface area contributed by atoms with Crippen molar-refractivity contribution in [1.82, 2.24) is 14.8 Å². The fourth-order valence-electron chi connectivity index (χ4n) is 2.90. The Hall–Kier alpha value is -2.58. The zero-order valence-corrected chi connectivity index (χ0v) is 15.5. The van der Waals surface area contributed by atoms with Gasteiger partial charge in [0.1, 0.15) is 11.1 Å². The van der Waals surface area contributed by atoms with Gasteiger partial charge in [-0.05, 0) is 43.9 Å². The van der Waals surface area contributed by atoms with Gasteiger partial charge in [0.15, 0.2) is 0 Å². The molecule has 1 aliphatic carbocycles. The van der Waals surface area contributed by atoms with Crippen LogP contribution in [0.5, 0.6) is 0 Å². The van der Waals surface area contributed by atoms with Crippen LogP contribution in [0.3, 0.4) is 0 Å². The summed E-state index contributed by atoms with van der Waals surface area (Å²) < 4.78 is 1.94. The van der Waals surface area contributed by atoms with Crippen LogP contribution in [0.2, 0.25) is 0 Å². The van der Waals surface area contributed by atoms with Gasteiger partial charge < -0.3 is 0 Å². The molecule has 4 rings (SSSR count). The fourth-order valence-corrected chi connectivity index (χ4v) is 3.76. The van der Waals surface area contributed by atoms with E-state index in [2.05, 4.69) is 37.3 Å². The topological polar surface area (TPSA) is 54.5 Å². The first-order valence-corrected chi connectivity index (χ1v) is 9.75. The van der Waals surface area contributed by atoms with Gasteiger partial charge in [-0.3, -0.25) is 0 Å². The minimum absolute atomic E-state index is 0.198. The lowest BCUT2D eigenvalue weighted by molar-refractivity contribution is 0.782. The Morgan fingerprint density at radius 1 is 1.15 bits per heavy atom. The molecule has 1 aromatic heterocycles. The van der Waals surface area contributed by atoms with Crippen molar-refractivity contribution in [3.8, 4) is 11.8 Å². The van der Waals surface area contributed by atoms with Crippen LogP contribution in [0.4, 0.5) is 0 Å². The van der Waals surface area contributed by atoms with Gasteiger partial charge in [-0.15, -0.1) is 5.10 Å². The van der Waals surface area contributed by atoms with Crippen LogP contribution >= 0.6 is 11.8 Å². The van der Waals surface area contributed by atoms with E-state index in [4.69, 9.17) is 10.1 Å². The Labute approximate surface area is 157 Å². The van der Waals surface area contributed by atoms with E-state index in [1.54, 1.807) is 0 Å². The molecule has 0 spiro atoms. The monoisotopic (exact) mass is 360 g/mol. The molecule has 0 N–H and O–H groups in total. The molecule has 4 nitrogen and oxygen atoms in total. The minimum Gasteiger partial charge on any atom is -0.216 e. The maximum Gasteiger partial charge on any atom is 0.210 e. The summed E-state index contributed by atoms with van der Waals surface area (Å²) in [6.45, 7) is 2.07. The van der Waals surface area contributed by atoms with E-state index in [0.29, 0.717) is 17.5 Å². The Bertz CT molecular complexity index is 921. The number of hydrogen-bond donors (Lipinski definition) is 0. The number of rotatable bonds is 6. The van der Waals surface area contributed by atoms with Crippen molar-refractivity contribution < 1.29 is 0 Å². The number of nitrogens with zero attached hydrogens (tertiary/aromatic N) is 4. The number of benzene rings is 2. The molecule has 0 saturated heterocycles. The Morgan fingerprint density at radius 2 is 1.88 bits per heavy atom. The van der Waals surface area contributed by atoms with Gasteiger partial charge in [0.2, 0.25) is 5.16 Å². The third-order valence-electron chi connectivity index (χ3n) is 4.49. The smallest absolute Gasteiger partial charge is 0.210 e. The van der Waals surface area contributed by atoms with E-state index in [0.717, 1.165) is 11.5 Å². The third kappa shape index (κ3) is 3.81. The largest absolute Gasteiger partial charge is 0.216 e. The van der Waals surface area contributed by atoms with Crippen LogP contribution in [0, 0.1) is 18.3 Å². The van der Waals surface area contributed by atoms with E-state index in [9.17, 15) is 5.26 Å². The average molecular weight is 360 g/mol. The van der Waals surface area contributed by atoms with E-state index in [1.807, 2.05) is 35.0 Å². The molecule has 3 aromatic rings. The first-order chi connectivity index (χ1) is 12.7. The standard InChI is InChI=1S/C21H20N4S/c1-15-7-9-16(10-8-15)13-19(14-22)26-21-23-20(17-11-12-17)25(24-21)18-5-3-2-4-6-18/h2-10,17,19H,11-13H2,1H3. The summed E-state index contributed by atoms with van der Waals surface area (Å²) in [5.41, 5.74) is 3.42. The molecule has 26 heavy (non-hydrogen) atoms. The molecule has 0 amide bonds. The zero-order valence-electron chi connectivity index (χ0n) is 14.7. The molecule has 5 heteroatoms. The van der Waals surface area contributed by atoms with Gasteiger partial charge in [-0.25, -0.2) is 9.67 Å². The molecule has 1 heterocycles. The maximum absolute atomic E-state index is 9.58. The highest BCUT2D eigenvalue weighted by atomic mass is 32.2. The predicted octanol–water partition coefficient (Wildman–Crippen LogP) is 4.68. The normalized spacial score (nSPS) is 14.8. The second kappa shape index (κ2) is 7.35. The van der Waals surface area contributed by atoms with Crippen LogP contribution in [0.25, 0.3) is 5.69 Å². The van der Waals surface area contributed by atoms with Crippen LogP contribution in [-0.2, 0) is 6.42 Å². The second-order valence-electron chi connectivity index (χ2n) is 6.70. The van der Waals surface area contributed by atoms with Crippen LogP contribution < -0.4 is 0 Å². The van der Waals surface area contributed by atoms with E-state index >= 15 is 0 Å². The van der Waals surface area contributed by atoms with Crippen molar-refractivity contribution in [2.75, 3.05) is 0 Å². The molecule has 2 aromatic carbocycles. The number of aromatic nitrogens is 3. The summed E-state index contributed by atoms with van der Waals surface area (Å²) in [5, 5.41) is 14.8.